The molecule has 0 fully saturated rings. The van der Waals surface area contributed by atoms with E-state index in [-0.39, 0.29) is 0 Å². The second-order valence-electron chi connectivity index (χ2n) is 4.46. The van der Waals surface area contributed by atoms with Gasteiger partial charge < -0.3 is 0 Å². The third-order valence-electron chi connectivity index (χ3n) is 2.91. The molecule has 4 aromatic rings. The number of rotatable bonds is 4. The highest BCUT2D eigenvalue weighted by molar-refractivity contribution is 8.00. The van der Waals surface area contributed by atoms with E-state index in [9.17, 15) is 0 Å². The lowest BCUT2D eigenvalue weighted by Gasteiger charge is -1.94. The molecule has 0 amide bonds. The average Bonchev–Trinajstić information content (AvgIpc) is 3.22. The summed E-state index contributed by atoms with van der Waals surface area (Å²) in [6.45, 7) is 1.95. The Morgan fingerprint density at radius 3 is 2.68 bits per heavy atom. The number of fused-ring (bicyclic) bond motifs is 1. The molecule has 0 saturated heterocycles. The van der Waals surface area contributed by atoms with Gasteiger partial charge >= 0.3 is 0 Å². The first-order valence-corrected chi connectivity index (χ1v) is 9.11. The van der Waals surface area contributed by atoms with Crippen LogP contribution >= 0.6 is 34.4 Å². The van der Waals surface area contributed by atoms with Gasteiger partial charge in [0.25, 0.3) is 0 Å². The summed E-state index contributed by atoms with van der Waals surface area (Å²) in [5, 5.41) is 23.1. The number of aromatic nitrogens is 6. The molecule has 6 nitrogen and oxygen atoms in total. The molecule has 3 heterocycles. The van der Waals surface area contributed by atoms with Gasteiger partial charge in [0, 0.05) is 5.56 Å². The van der Waals surface area contributed by atoms with Crippen LogP contribution in [0.4, 0.5) is 0 Å². The Hall–Kier alpha value is -1.84. The third-order valence-corrected chi connectivity index (χ3v) is 5.82. The van der Waals surface area contributed by atoms with Gasteiger partial charge in [0.1, 0.15) is 10.0 Å². The maximum atomic E-state index is 4.62. The molecule has 110 valence electrons. The number of nitrogens with zero attached hydrogens (tertiary/aromatic N) is 6. The molecule has 3 aromatic heterocycles. The molecule has 0 bridgehead atoms. The Bertz CT molecular complexity index is 910. The van der Waals surface area contributed by atoms with Gasteiger partial charge in [-0.25, -0.2) is 0 Å². The van der Waals surface area contributed by atoms with E-state index in [0.717, 1.165) is 30.7 Å². The lowest BCUT2D eigenvalue weighted by atomic mass is 10.2. The van der Waals surface area contributed by atoms with Gasteiger partial charge in [-0.05, 0) is 6.92 Å². The highest BCUT2D eigenvalue weighted by Crippen LogP contribution is 2.28. The van der Waals surface area contributed by atoms with Crippen LogP contribution in [0.1, 0.15) is 10.8 Å². The fourth-order valence-electron chi connectivity index (χ4n) is 1.91. The zero-order chi connectivity index (χ0) is 14.9. The van der Waals surface area contributed by atoms with E-state index in [1.54, 1.807) is 34.4 Å². The summed E-state index contributed by atoms with van der Waals surface area (Å²) >= 11 is 4.73. The van der Waals surface area contributed by atoms with Crippen molar-refractivity contribution in [3.8, 4) is 10.6 Å². The van der Waals surface area contributed by atoms with Gasteiger partial charge in [0.2, 0.25) is 4.96 Å². The lowest BCUT2D eigenvalue weighted by Crippen LogP contribution is -1.94. The van der Waals surface area contributed by atoms with Gasteiger partial charge in [-0.15, -0.1) is 20.4 Å². The van der Waals surface area contributed by atoms with E-state index in [0.29, 0.717) is 5.75 Å². The SMILES string of the molecule is Cc1nnc(SCc2nnc3sc(-c4ccccc4)nn23)s1. The van der Waals surface area contributed by atoms with Crippen LogP contribution in [0.3, 0.4) is 0 Å². The zero-order valence-electron chi connectivity index (χ0n) is 11.5. The summed E-state index contributed by atoms with van der Waals surface area (Å²) in [5.74, 6) is 1.50. The quantitative estimate of drug-likeness (QED) is 0.528. The lowest BCUT2D eigenvalue weighted by molar-refractivity contribution is 0.886. The molecule has 0 N–H and O–H groups in total. The van der Waals surface area contributed by atoms with Crippen molar-refractivity contribution in [3.63, 3.8) is 0 Å². The Kier molecular flexibility index (Phi) is 3.60. The molecule has 0 aliphatic rings. The maximum absolute atomic E-state index is 4.62. The number of benzene rings is 1. The molecule has 1 aromatic carbocycles. The Morgan fingerprint density at radius 2 is 1.91 bits per heavy atom. The first-order chi connectivity index (χ1) is 10.8. The smallest absolute Gasteiger partial charge is 0.186 e. The van der Waals surface area contributed by atoms with Crippen molar-refractivity contribution in [3.05, 3.63) is 41.2 Å². The Labute approximate surface area is 138 Å². The first-order valence-electron chi connectivity index (χ1n) is 6.49. The summed E-state index contributed by atoms with van der Waals surface area (Å²) in [7, 11) is 0. The van der Waals surface area contributed by atoms with Crippen LogP contribution in [0.5, 0.6) is 0 Å². The molecule has 9 heteroatoms. The second kappa shape index (κ2) is 5.75. The standard InChI is InChI=1S/C13H10N6S3/c1-8-14-17-13(21-8)20-7-10-15-16-12-19(10)18-11(22-12)9-5-3-2-4-6-9/h2-6H,7H2,1H3. The van der Waals surface area contributed by atoms with Crippen molar-refractivity contribution in [1.82, 2.24) is 30.0 Å². The van der Waals surface area contributed by atoms with Crippen molar-refractivity contribution in [1.29, 1.82) is 0 Å². The molecular weight excluding hydrogens is 336 g/mol. The van der Waals surface area contributed by atoms with Gasteiger partial charge in [0.15, 0.2) is 10.2 Å². The van der Waals surface area contributed by atoms with Crippen LogP contribution in [0, 0.1) is 6.92 Å². The normalized spacial score (nSPS) is 11.3. The van der Waals surface area contributed by atoms with E-state index in [2.05, 4.69) is 25.5 Å². The molecule has 0 saturated carbocycles. The van der Waals surface area contributed by atoms with Gasteiger partial charge in [-0.3, -0.25) is 0 Å². The van der Waals surface area contributed by atoms with Crippen LogP contribution in [0.25, 0.3) is 15.5 Å². The average molecular weight is 346 g/mol. The van der Waals surface area contributed by atoms with Crippen LogP contribution in [-0.2, 0) is 5.75 Å². The summed E-state index contributed by atoms with van der Waals surface area (Å²) in [4.78, 5) is 0.808. The monoisotopic (exact) mass is 346 g/mol. The minimum Gasteiger partial charge on any atom is -0.186 e. The van der Waals surface area contributed by atoms with Gasteiger partial charge in [-0.2, -0.15) is 9.61 Å². The molecule has 4 rings (SSSR count). The predicted octanol–water partition coefficient (Wildman–Crippen LogP) is 3.31. The predicted molar refractivity (Wildman–Crippen MR) is 88.3 cm³/mol. The Morgan fingerprint density at radius 1 is 1.05 bits per heavy atom. The van der Waals surface area contributed by atoms with Gasteiger partial charge in [0.05, 0.1) is 5.75 Å². The van der Waals surface area contributed by atoms with E-state index in [1.807, 2.05) is 41.8 Å². The maximum Gasteiger partial charge on any atom is 0.235 e. The van der Waals surface area contributed by atoms with Crippen LogP contribution in [0.2, 0.25) is 0 Å². The molecule has 0 spiro atoms. The van der Waals surface area contributed by atoms with E-state index < -0.39 is 0 Å². The molecule has 0 radical (unpaired) electrons. The second-order valence-corrected chi connectivity index (χ2v) is 7.82. The first kappa shape index (κ1) is 13.8. The molecule has 0 aliphatic carbocycles. The van der Waals surface area contributed by atoms with Crippen molar-refractivity contribution in [2.45, 2.75) is 17.0 Å². The third kappa shape index (κ3) is 2.62. The summed E-state index contributed by atoms with van der Waals surface area (Å²) in [6, 6.07) is 10.1. The van der Waals surface area contributed by atoms with Crippen LogP contribution < -0.4 is 0 Å². The van der Waals surface area contributed by atoms with E-state index in [4.69, 9.17) is 0 Å². The highest BCUT2D eigenvalue weighted by atomic mass is 32.2. The molecular formula is C13H10N6S3. The fraction of sp³-hybridized carbons (Fsp3) is 0.154. The summed E-state index contributed by atoms with van der Waals surface area (Å²) in [6.07, 6.45) is 0. The van der Waals surface area contributed by atoms with Crippen molar-refractivity contribution < 1.29 is 0 Å². The van der Waals surface area contributed by atoms with Crippen molar-refractivity contribution in [2.75, 3.05) is 0 Å². The molecule has 0 atom stereocenters. The van der Waals surface area contributed by atoms with E-state index in [1.165, 1.54) is 0 Å². The van der Waals surface area contributed by atoms with Crippen molar-refractivity contribution >= 4 is 39.4 Å². The fourth-order valence-corrected chi connectivity index (χ4v) is 4.49. The van der Waals surface area contributed by atoms with E-state index >= 15 is 0 Å². The number of aryl methyl sites for hydroxylation is 1. The molecule has 0 unspecified atom stereocenters. The topological polar surface area (TPSA) is 68.9 Å². The van der Waals surface area contributed by atoms with Crippen LogP contribution in [0.15, 0.2) is 34.7 Å². The summed E-state index contributed by atoms with van der Waals surface area (Å²) < 4.78 is 2.75. The zero-order valence-corrected chi connectivity index (χ0v) is 14.0. The summed E-state index contributed by atoms with van der Waals surface area (Å²) in [5.41, 5.74) is 1.09. The number of hydrogen-bond donors (Lipinski definition) is 0. The Balaban J connectivity index is 1.61. The minimum absolute atomic E-state index is 0.674. The van der Waals surface area contributed by atoms with Gasteiger partial charge in [-0.1, -0.05) is 64.8 Å². The number of hydrogen-bond acceptors (Lipinski definition) is 8. The number of thioether (sulfide) groups is 1. The minimum atomic E-state index is 0.674. The molecule has 22 heavy (non-hydrogen) atoms. The van der Waals surface area contributed by atoms with Crippen LogP contribution in [-0.4, -0.2) is 30.0 Å². The molecule has 0 aliphatic heterocycles. The highest BCUT2D eigenvalue weighted by Gasteiger charge is 2.13. The largest absolute Gasteiger partial charge is 0.235 e. The van der Waals surface area contributed by atoms with Crippen molar-refractivity contribution in [2.24, 2.45) is 0 Å².